The van der Waals surface area contributed by atoms with Crippen LogP contribution in [0.4, 0.5) is 13.2 Å². The third-order valence-electron chi connectivity index (χ3n) is 2.35. The highest BCUT2D eigenvalue weighted by Crippen LogP contribution is 2.31. The molecule has 0 aliphatic rings. The Balaban J connectivity index is 2.12. The maximum atomic E-state index is 12.6. The quantitative estimate of drug-likeness (QED) is 0.912. The molecule has 0 radical (unpaired) electrons. The van der Waals surface area contributed by atoms with Crippen molar-refractivity contribution in [3.63, 3.8) is 0 Å². The standard InChI is InChI=1S/C12H9F3N2O4/c13-12(14,15)8-3-1-2-7(4-8)11-17-16-9(21-11)5-20-6-10(18)19/h1-4H,5-6H2,(H,18,19). The second kappa shape index (κ2) is 5.92. The zero-order valence-corrected chi connectivity index (χ0v) is 10.4. The third-order valence-corrected chi connectivity index (χ3v) is 2.35. The Kier molecular flexibility index (Phi) is 4.22. The Hall–Kier alpha value is -2.42. The Labute approximate surface area is 116 Å². The maximum Gasteiger partial charge on any atom is 0.416 e. The van der Waals surface area contributed by atoms with Crippen LogP contribution in [0.1, 0.15) is 11.5 Å². The molecule has 0 unspecified atom stereocenters. The number of alkyl halides is 3. The van der Waals surface area contributed by atoms with Crippen LogP contribution in [0.5, 0.6) is 0 Å². The van der Waals surface area contributed by atoms with Crippen molar-refractivity contribution in [1.29, 1.82) is 0 Å². The average Bonchev–Trinajstić information content (AvgIpc) is 2.86. The lowest BCUT2D eigenvalue weighted by atomic mass is 10.1. The monoisotopic (exact) mass is 302 g/mol. The Morgan fingerprint density at radius 3 is 2.76 bits per heavy atom. The van der Waals surface area contributed by atoms with E-state index in [1.807, 2.05) is 0 Å². The third kappa shape index (κ3) is 4.02. The van der Waals surface area contributed by atoms with Gasteiger partial charge in [0.2, 0.25) is 11.8 Å². The van der Waals surface area contributed by atoms with E-state index in [1.54, 1.807) is 0 Å². The lowest BCUT2D eigenvalue weighted by Gasteiger charge is -2.06. The second-order valence-corrected chi connectivity index (χ2v) is 3.97. The van der Waals surface area contributed by atoms with Gasteiger partial charge in [-0.05, 0) is 18.2 Å². The number of ether oxygens (including phenoxy) is 1. The summed E-state index contributed by atoms with van der Waals surface area (Å²) in [6.45, 7) is -0.778. The van der Waals surface area contributed by atoms with Crippen LogP contribution >= 0.6 is 0 Å². The molecule has 0 saturated carbocycles. The van der Waals surface area contributed by atoms with Crippen LogP contribution in [-0.2, 0) is 22.3 Å². The molecule has 1 N–H and O–H groups in total. The van der Waals surface area contributed by atoms with Crippen LogP contribution in [0.2, 0.25) is 0 Å². The smallest absolute Gasteiger partial charge is 0.416 e. The number of carbonyl (C=O) groups is 1. The molecule has 2 rings (SSSR count). The van der Waals surface area contributed by atoms with E-state index in [4.69, 9.17) is 14.3 Å². The van der Waals surface area contributed by atoms with E-state index in [1.165, 1.54) is 12.1 Å². The van der Waals surface area contributed by atoms with E-state index in [0.29, 0.717) is 0 Å². The molecule has 0 aliphatic heterocycles. The van der Waals surface area contributed by atoms with E-state index < -0.39 is 24.3 Å². The number of rotatable bonds is 5. The summed E-state index contributed by atoms with van der Waals surface area (Å²) in [6, 6.07) is 4.43. The van der Waals surface area contributed by atoms with Crippen LogP contribution in [0.15, 0.2) is 28.7 Å². The molecular formula is C12H9F3N2O4. The lowest BCUT2D eigenvalue weighted by Crippen LogP contribution is -2.06. The molecule has 0 aliphatic carbocycles. The zero-order chi connectivity index (χ0) is 15.5. The van der Waals surface area contributed by atoms with Crippen LogP contribution in [-0.4, -0.2) is 27.9 Å². The van der Waals surface area contributed by atoms with E-state index >= 15 is 0 Å². The van der Waals surface area contributed by atoms with Crippen LogP contribution < -0.4 is 0 Å². The molecule has 2 aromatic rings. The van der Waals surface area contributed by atoms with Crippen molar-refractivity contribution in [2.24, 2.45) is 0 Å². The molecule has 112 valence electrons. The second-order valence-electron chi connectivity index (χ2n) is 3.97. The van der Waals surface area contributed by atoms with Gasteiger partial charge in [-0.25, -0.2) is 4.79 Å². The fourth-order valence-corrected chi connectivity index (χ4v) is 1.48. The number of nitrogens with zero attached hydrogens (tertiary/aromatic N) is 2. The SMILES string of the molecule is O=C(O)COCc1nnc(-c2cccc(C(F)(F)F)c2)o1. The molecule has 1 aromatic heterocycles. The number of hydrogen-bond acceptors (Lipinski definition) is 5. The first kappa shape index (κ1) is 15.0. The summed E-state index contributed by atoms with van der Waals surface area (Å²) >= 11 is 0. The minimum absolute atomic E-state index is 0.0244. The first-order chi connectivity index (χ1) is 9.86. The van der Waals surface area contributed by atoms with Crippen molar-refractivity contribution in [2.75, 3.05) is 6.61 Å². The maximum absolute atomic E-state index is 12.6. The topological polar surface area (TPSA) is 85.5 Å². The van der Waals surface area contributed by atoms with Gasteiger partial charge in [0.15, 0.2) is 0 Å². The van der Waals surface area contributed by atoms with Gasteiger partial charge in [-0.1, -0.05) is 6.07 Å². The van der Waals surface area contributed by atoms with Gasteiger partial charge in [-0.15, -0.1) is 10.2 Å². The lowest BCUT2D eigenvalue weighted by molar-refractivity contribution is -0.143. The number of aromatic nitrogens is 2. The predicted molar refractivity (Wildman–Crippen MR) is 62.0 cm³/mol. The zero-order valence-electron chi connectivity index (χ0n) is 10.4. The van der Waals surface area contributed by atoms with Gasteiger partial charge < -0.3 is 14.3 Å². The molecular weight excluding hydrogens is 293 g/mol. The molecule has 0 fully saturated rings. The van der Waals surface area contributed by atoms with Crippen molar-refractivity contribution in [3.8, 4) is 11.5 Å². The summed E-state index contributed by atoms with van der Waals surface area (Å²) in [5, 5.41) is 15.5. The molecule has 9 heteroatoms. The van der Waals surface area contributed by atoms with E-state index in [0.717, 1.165) is 12.1 Å². The van der Waals surface area contributed by atoms with Gasteiger partial charge in [0.05, 0.1) is 5.56 Å². The summed E-state index contributed by atoms with van der Waals surface area (Å²) in [4.78, 5) is 10.2. The van der Waals surface area contributed by atoms with Crippen molar-refractivity contribution in [2.45, 2.75) is 12.8 Å². The Morgan fingerprint density at radius 1 is 1.33 bits per heavy atom. The van der Waals surface area contributed by atoms with E-state index in [-0.39, 0.29) is 24.0 Å². The minimum Gasteiger partial charge on any atom is -0.480 e. The highest BCUT2D eigenvalue weighted by molar-refractivity contribution is 5.67. The van der Waals surface area contributed by atoms with Gasteiger partial charge in [-0.3, -0.25) is 0 Å². The molecule has 0 bridgehead atoms. The summed E-state index contributed by atoms with van der Waals surface area (Å²) in [7, 11) is 0. The highest BCUT2D eigenvalue weighted by atomic mass is 19.4. The number of hydrogen-bond donors (Lipinski definition) is 1. The first-order valence-electron chi connectivity index (χ1n) is 5.66. The molecule has 1 heterocycles. The van der Waals surface area contributed by atoms with Crippen LogP contribution in [0, 0.1) is 0 Å². The molecule has 0 saturated heterocycles. The van der Waals surface area contributed by atoms with Gasteiger partial charge >= 0.3 is 12.1 Å². The van der Waals surface area contributed by atoms with E-state index in [2.05, 4.69) is 10.2 Å². The number of carboxylic acids is 1. The van der Waals surface area contributed by atoms with E-state index in [9.17, 15) is 18.0 Å². The molecule has 0 amide bonds. The fraction of sp³-hybridized carbons (Fsp3) is 0.250. The number of halogens is 3. The molecule has 1 aromatic carbocycles. The fourth-order valence-electron chi connectivity index (χ4n) is 1.48. The predicted octanol–water partition coefficient (Wildman–Crippen LogP) is 2.36. The molecule has 6 nitrogen and oxygen atoms in total. The van der Waals surface area contributed by atoms with Gasteiger partial charge in [0.25, 0.3) is 0 Å². The summed E-state index contributed by atoms with van der Waals surface area (Å²) < 4.78 is 47.6. The minimum atomic E-state index is -4.47. The molecule has 21 heavy (non-hydrogen) atoms. The summed E-state index contributed by atoms with van der Waals surface area (Å²) in [5.74, 6) is -1.29. The number of benzene rings is 1. The van der Waals surface area contributed by atoms with Crippen molar-refractivity contribution >= 4 is 5.97 Å². The van der Waals surface area contributed by atoms with Crippen LogP contribution in [0.3, 0.4) is 0 Å². The normalized spacial score (nSPS) is 11.6. The van der Waals surface area contributed by atoms with Crippen LogP contribution in [0.25, 0.3) is 11.5 Å². The van der Waals surface area contributed by atoms with Gasteiger partial charge in [0.1, 0.15) is 13.2 Å². The summed E-state index contributed by atoms with van der Waals surface area (Å²) in [5.41, 5.74) is -0.719. The Bertz CT molecular complexity index is 639. The van der Waals surface area contributed by atoms with Crippen molar-refractivity contribution < 1.29 is 32.2 Å². The number of carboxylic acid groups (broad SMARTS) is 1. The average molecular weight is 302 g/mol. The summed E-state index contributed by atoms with van der Waals surface area (Å²) in [6.07, 6.45) is -4.47. The van der Waals surface area contributed by atoms with Crippen molar-refractivity contribution in [1.82, 2.24) is 10.2 Å². The highest BCUT2D eigenvalue weighted by Gasteiger charge is 2.30. The largest absolute Gasteiger partial charge is 0.480 e. The van der Waals surface area contributed by atoms with Gasteiger partial charge in [0, 0.05) is 5.56 Å². The Morgan fingerprint density at radius 2 is 2.10 bits per heavy atom. The van der Waals surface area contributed by atoms with Crippen molar-refractivity contribution in [3.05, 3.63) is 35.7 Å². The van der Waals surface area contributed by atoms with Gasteiger partial charge in [-0.2, -0.15) is 13.2 Å². The molecule has 0 spiro atoms. The molecule has 0 atom stereocenters. The number of aliphatic carboxylic acids is 1. The first-order valence-corrected chi connectivity index (χ1v) is 5.66.